The van der Waals surface area contributed by atoms with Crippen LogP contribution in [0.1, 0.15) is 23.1 Å². The summed E-state index contributed by atoms with van der Waals surface area (Å²) < 4.78 is 18.6. The molecule has 0 aliphatic carbocycles. The Kier molecular flexibility index (Phi) is 7.60. The molecule has 0 aliphatic rings. The van der Waals surface area contributed by atoms with E-state index in [0.717, 1.165) is 5.56 Å². The summed E-state index contributed by atoms with van der Waals surface area (Å²) in [6, 6.07) is 12.2. The van der Waals surface area contributed by atoms with Gasteiger partial charge in [-0.1, -0.05) is 47.5 Å². The molecule has 138 valence electrons. The van der Waals surface area contributed by atoms with E-state index in [9.17, 15) is 14.0 Å². The summed E-state index contributed by atoms with van der Waals surface area (Å²) in [5.41, 5.74) is 2.39. The van der Waals surface area contributed by atoms with E-state index in [0.29, 0.717) is 12.8 Å². The molecule has 0 spiro atoms. The third-order valence-electron chi connectivity index (χ3n) is 3.83. The van der Waals surface area contributed by atoms with Crippen LogP contribution in [0, 0.1) is 12.7 Å². The minimum absolute atomic E-state index is 0.0289. The highest BCUT2D eigenvalue weighted by molar-refractivity contribution is 6.31. The van der Waals surface area contributed by atoms with E-state index in [1.165, 1.54) is 23.8 Å². The van der Waals surface area contributed by atoms with Crippen molar-refractivity contribution in [2.75, 3.05) is 13.2 Å². The van der Waals surface area contributed by atoms with E-state index < -0.39 is 11.8 Å². The van der Waals surface area contributed by atoms with Crippen LogP contribution in [0.3, 0.4) is 0 Å². The second kappa shape index (κ2) is 9.92. The normalized spacial score (nSPS) is 10.4. The van der Waals surface area contributed by atoms with Crippen molar-refractivity contribution in [1.82, 2.24) is 5.32 Å². The van der Waals surface area contributed by atoms with E-state index in [1.807, 2.05) is 31.2 Å². The molecule has 0 aliphatic heterocycles. The number of benzene rings is 2. The van der Waals surface area contributed by atoms with Crippen molar-refractivity contribution in [1.29, 1.82) is 0 Å². The van der Waals surface area contributed by atoms with Crippen molar-refractivity contribution < 1.29 is 18.7 Å². The van der Waals surface area contributed by atoms with Gasteiger partial charge in [-0.3, -0.25) is 9.59 Å². The minimum Gasteiger partial charge on any atom is -0.464 e. The molecule has 0 radical (unpaired) electrons. The monoisotopic (exact) mass is 377 g/mol. The number of carbonyl (C=O) groups is 2. The van der Waals surface area contributed by atoms with Crippen LogP contribution >= 0.6 is 11.6 Å². The lowest BCUT2D eigenvalue weighted by atomic mass is 10.1. The van der Waals surface area contributed by atoms with Gasteiger partial charge in [0.15, 0.2) is 0 Å². The van der Waals surface area contributed by atoms with Crippen molar-refractivity contribution in [2.24, 2.45) is 0 Å². The number of halogens is 2. The van der Waals surface area contributed by atoms with Gasteiger partial charge in [0.25, 0.3) is 0 Å². The molecule has 1 amide bonds. The highest BCUT2D eigenvalue weighted by Gasteiger charge is 2.13. The lowest BCUT2D eigenvalue weighted by Crippen LogP contribution is -2.28. The molecule has 0 saturated heterocycles. The fourth-order valence-corrected chi connectivity index (χ4v) is 2.58. The van der Waals surface area contributed by atoms with Gasteiger partial charge in [0.05, 0.1) is 13.0 Å². The molecule has 26 heavy (non-hydrogen) atoms. The summed E-state index contributed by atoms with van der Waals surface area (Å²) in [6.45, 7) is 2.25. The number of rotatable bonds is 8. The molecule has 0 fully saturated rings. The third kappa shape index (κ3) is 6.48. The second-order valence-corrected chi connectivity index (χ2v) is 6.34. The first kappa shape index (κ1) is 19.9. The van der Waals surface area contributed by atoms with Crippen LogP contribution in [-0.4, -0.2) is 25.0 Å². The van der Waals surface area contributed by atoms with Crippen LogP contribution in [0.15, 0.2) is 42.5 Å². The summed E-state index contributed by atoms with van der Waals surface area (Å²) in [4.78, 5) is 23.5. The predicted molar refractivity (Wildman–Crippen MR) is 98.6 cm³/mol. The van der Waals surface area contributed by atoms with Crippen molar-refractivity contribution >= 4 is 23.5 Å². The molecule has 4 nitrogen and oxygen atoms in total. The minimum atomic E-state index is -0.592. The first-order valence-electron chi connectivity index (χ1n) is 8.36. The summed E-state index contributed by atoms with van der Waals surface area (Å²) in [5, 5.41) is 2.88. The first-order chi connectivity index (χ1) is 12.5. The number of carbonyl (C=O) groups excluding carboxylic acids is 2. The van der Waals surface area contributed by atoms with E-state index in [2.05, 4.69) is 5.32 Å². The van der Waals surface area contributed by atoms with Crippen molar-refractivity contribution in [3.05, 3.63) is 70.0 Å². The predicted octanol–water partition coefficient (Wildman–Crippen LogP) is 3.62. The molecule has 0 bridgehead atoms. The van der Waals surface area contributed by atoms with Crippen LogP contribution in [0.5, 0.6) is 0 Å². The Morgan fingerprint density at radius 1 is 1.15 bits per heavy atom. The number of ether oxygens (including phenoxy) is 1. The zero-order valence-electron chi connectivity index (χ0n) is 14.6. The van der Waals surface area contributed by atoms with Crippen LogP contribution in [-0.2, 0) is 27.2 Å². The lowest BCUT2D eigenvalue weighted by molar-refractivity contribution is -0.143. The number of hydrogen-bond donors (Lipinski definition) is 1. The Bertz CT molecular complexity index is 742. The molecule has 2 aromatic carbocycles. The molecule has 6 heteroatoms. The maximum Gasteiger partial charge on any atom is 0.310 e. The number of hydrogen-bond acceptors (Lipinski definition) is 3. The zero-order chi connectivity index (χ0) is 18.9. The SMILES string of the molecule is Cc1ccc(CCC(=O)NCCOC(=O)Cc2c(F)cccc2Cl)cc1. The van der Waals surface area contributed by atoms with E-state index in [1.54, 1.807) is 0 Å². The van der Waals surface area contributed by atoms with Gasteiger partial charge < -0.3 is 10.1 Å². The number of esters is 1. The Morgan fingerprint density at radius 2 is 1.88 bits per heavy atom. The van der Waals surface area contributed by atoms with Gasteiger partial charge in [-0.15, -0.1) is 0 Å². The molecule has 0 saturated carbocycles. The average molecular weight is 378 g/mol. The number of aryl methyl sites for hydroxylation is 2. The van der Waals surface area contributed by atoms with E-state index >= 15 is 0 Å². The van der Waals surface area contributed by atoms with Crippen molar-refractivity contribution in [3.8, 4) is 0 Å². The summed E-state index contributed by atoms with van der Waals surface area (Å²) in [7, 11) is 0. The number of amides is 1. The van der Waals surface area contributed by atoms with Crippen molar-refractivity contribution in [2.45, 2.75) is 26.2 Å². The third-order valence-corrected chi connectivity index (χ3v) is 4.19. The van der Waals surface area contributed by atoms with Crippen molar-refractivity contribution in [3.63, 3.8) is 0 Å². The Labute approximate surface area is 157 Å². The molecule has 2 aromatic rings. The van der Waals surface area contributed by atoms with Crippen LogP contribution < -0.4 is 5.32 Å². The van der Waals surface area contributed by atoms with Gasteiger partial charge in [-0.2, -0.15) is 0 Å². The fraction of sp³-hybridized carbons (Fsp3) is 0.300. The van der Waals surface area contributed by atoms with Gasteiger partial charge in [-0.05, 0) is 31.0 Å². The van der Waals surface area contributed by atoms with Crippen LogP contribution in [0.2, 0.25) is 5.02 Å². The zero-order valence-corrected chi connectivity index (χ0v) is 15.3. The first-order valence-corrected chi connectivity index (χ1v) is 8.74. The standard InChI is InChI=1S/C20H21ClFNO3/c1-14-5-7-15(8-6-14)9-10-19(24)23-11-12-26-20(25)13-16-17(21)3-2-4-18(16)22/h2-8H,9-13H2,1H3,(H,23,24). The molecular formula is C20H21ClFNO3. The van der Waals surface area contributed by atoms with Gasteiger partial charge in [-0.25, -0.2) is 4.39 Å². The van der Waals surface area contributed by atoms with E-state index in [4.69, 9.17) is 16.3 Å². The summed E-state index contributed by atoms with van der Waals surface area (Å²) in [5.74, 6) is -1.25. The van der Waals surface area contributed by atoms with E-state index in [-0.39, 0.29) is 36.1 Å². The molecule has 0 aromatic heterocycles. The van der Waals surface area contributed by atoms with Gasteiger partial charge in [0.2, 0.25) is 5.91 Å². The molecule has 1 N–H and O–H groups in total. The highest BCUT2D eigenvalue weighted by atomic mass is 35.5. The quantitative estimate of drug-likeness (QED) is 0.564. The van der Waals surface area contributed by atoms with Gasteiger partial charge in [0.1, 0.15) is 12.4 Å². The highest BCUT2D eigenvalue weighted by Crippen LogP contribution is 2.19. The van der Waals surface area contributed by atoms with Gasteiger partial charge in [0, 0.05) is 17.0 Å². The Morgan fingerprint density at radius 3 is 2.58 bits per heavy atom. The Balaban J connectivity index is 1.64. The smallest absolute Gasteiger partial charge is 0.310 e. The molecule has 0 heterocycles. The summed E-state index contributed by atoms with van der Waals surface area (Å²) in [6.07, 6.45) is 0.770. The maximum absolute atomic E-state index is 13.6. The van der Waals surface area contributed by atoms with Gasteiger partial charge >= 0.3 is 5.97 Å². The van der Waals surface area contributed by atoms with Crippen LogP contribution in [0.4, 0.5) is 4.39 Å². The summed E-state index contributed by atoms with van der Waals surface area (Å²) >= 11 is 5.87. The fourth-order valence-electron chi connectivity index (χ4n) is 2.35. The molecule has 0 atom stereocenters. The average Bonchev–Trinajstić information content (AvgIpc) is 2.61. The molecule has 2 rings (SSSR count). The maximum atomic E-state index is 13.6. The lowest BCUT2D eigenvalue weighted by Gasteiger charge is -2.08. The largest absolute Gasteiger partial charge is 0.464 e. The Hall–Kier alpha value is -2.40. The second-order valence-electron chi connectivity index (χ2n) is 5.93. The molecule has 0 unspecified atom stereocenters. The number of nitrogens with one attached hydrogen (secondary N) is 1. The van der Waals surface area contributed by atoms with Crippen LogP contribution in [0.25, 0.3) is 0 Å². The molecular weight excluding hydrogens is 357 g/mol. The topological polar surface area (TPSA) is 55.4 Å².